The predicted molar refractivity (Wildman–Crippen MR) is 78.8 cm³/mol. The largest absolute Gasteiger partial charge is 0.504 e. The normalized spacial score (nSPS) is 10.5. The van der Waals surface area contributed by atoms with E-state index in [4.69, 9.17) is 0 Å². The van der Waals surface area contributed by atoms with Gasteiger partial charge in [0.15, 0.2) is 11.6 Å². The highest BCUT2D eigenvalue weighted by Gasteiger charge is 2.16. The Hall–Kier alpha value is -3.42. The quantitative estimate of drug-likeness (QED) is 0.506. The van der Waals surface area contributed by atoms with Crippen molar-refractivity contribution in [1.82, 2.24) is 9.97 Å². The molecule has 0 aliphatic carbocycles. The Labute approximate surface area is 123 Å². The third-order valence-corrected chi connectivity index (χ3v) is 3.14. The molecule has 8 heteroatoms. The number of amides is 1. The van der Waals surface area contributed by atoms with Crippen molar-refractivity contribution in [2.24, 2.45) is 0 Å². The summed E-state index contributed by atoms with van der Waals surface area (Å²) in [4.78, 5) is 29.3. The van der Waals surface area contributed by atoms with Gasteiger partial charge in [-0.15, -0.1) is 0 Å². The number of pyridine rings is 1. The lowest BCUT2D eigenvalue weighted by molar-refractivity contribution is -0.384. The van der Waals surface area contributed by atoms with E-state index in [0.717, 1.165) is 0 Å². The summed E-state index contributed by atoms with van der Waals surface area (Å²) >= 11 is 0. The van der Waals surface area contributed by atoms with Crippen LogP contribution < -0.4 is 5.32 Å². The van der Waals surface area contributed by atoms with Crippen molar-refractivity contribution in [2.75, 3.05) is 5.32 Å². The number of non-ortho nitro benzene ring substituents is 1. The SMILES string of the molecule is O=C(Nc1ncccc1O)c1c[nH]c2ccc([N+](=O)[O-])cc12. The number of aromatic nitrogens is 2. The Kier molecular flexibility index (Phi) is 3.18. The molecule has 3 aromatic rings. The molecule has 22 heavy (non-hydrogen) atoms. The maximum atomic E-state index is 12.3. The van der Waals surface area contributed by atoms with Crippen LogP contribution in [0.25, 0.3) is 10.9 Å². The molecule has 2 heterocycles. The topological polar surface area (TPSA) is 121 Å². The molecule has 0 atom stereocenters. The van der Waals surface area contributed by atoms with Gasteiger partial charge in [0.05, 0.1) is 10.5 Å². The molecule has 0 bridgehead atoms. The number of hydrogen-bond donors (Lipinski definition) is 3. The first-order chi connectivity index (χ1) is 10.6. The first-order valence-corrected chi connectivity index (χ1v) is 6.27. The number of H-pyrrole nitrogens is 1. The van der Waals surface area contributed by atoms with E-state index in [1.165, 1.54) is 42.7 Å². The first kappa shape index (κ1) is 13.6. The van der Waals surface area contributed by atoms with Crippen molar-refractivity contribution in [3.63, 3.8) is 0 Å². The minimum atomic E-state index is -0.529. The highest BCUT2D eigenvalue weighted by Crippen LogP contribution is 2.25. The van der Waals surface area contributed by atoms with Crippen molar-refractivity contribution in [2.45, 2.75) is 0 Å². The van der Waals surface area contributed by atoms with Gasteiger partial charge in [-0.2, -0.15) is 0 Å². The number of carbonyl (C=O) groups excluding carboxylic acids is 1. The van der Waals surface area contributed by atoms with Crippen molar-refractivity contribution in [3.05, 3.63) is 58.4 Å². The molecule has 3 rings (SSSR count). The highest BCUT2D eigenvalue weighted by molar-refractivity contribution is 6.13. The lowest BCUT2D eigenvalue weighted by atomic mass is 10.1. The number of aromatic amines is 1. The van der Waals surface area contributed by atoms with Gasteiger partial charge < -0.3 is 15.4 Å². The fraction of sp³-hybridized carbons (Fsp3) is 0. The zero-order valence-corrected chi connectivity index (χ0v) is 11.1. The summed E-state index contributed by atoms with van der Waals surface area (Å²) in [6.45, 7) is 0. The summed E-state index contributed by atoms with van der Waals surface area (Å²) in [7, 11) is 0. The Morgan fingerprint density at radius 3 is 2.91 bits per heavy atom. The predicted octanol–water partition coefficient (Wildman–Crippen LogP) is 2.43. The van der Waals surface area contributed by atoms with E-state index in [1.54, 1.807) is 0 Å². The fourth-order valence-electron chi connectivity index (χ4n) is 2.08. The zero-order chi connectivity index (χ0) is 15.7. The average molecular weight is 298 g/mol. The molecule has 0 radical (unpaired) electrons. The summed E-state index contributed by atoms with van der Waals surface area (Å²) < 4.78 is 0. The molecule has 0 fully saturated rings. The summed E-state index contributed by atoms with van der Waals surface area (Å²) in [6.07, 6.45) is 2.87. The molecule has 0 aliphatic rings. The molecule has 3 N–H and O–H groups in total. The van der Waals surface area contributed by atoms with E-state index in [2.05, 4.69) is 15.3 Å². The van der Waals surface area contributed by atoms with Gasteiger partial charge in [-0.25, -0.2) is 4.98 Å². The van der Waals surface area contributed by atoms with E-state index in [0.29, 0.717) is 10.9 Å². The van der Waals surface area contributed by atoms with Crippen LogP contribution in [0.3, 0.4) is 0 Å². The van der Waals surface area contributed by atoms with Crippen LogP contribution in [0.2, 0.25) is 0 Å². The summed E-state index contributed by atoms with van der Waals surface area (Å²) in [5.41, 5.74) is 0.714. The molecule has 0 aliphatic heterocycles. The molecular formula is C14H10N4O4. The number of aromatic hydroxyl groups is 1. The van der Waals surface area contributed by atoms with Gasteiger partial charge >= 0.3 is 0 Å². The van der Waals surface area contributed by atoms with Crippen LogP contribution >= 0.6 is 0 Å². The van der Waals surface area contributed by atoms with E-state index < -0.39 is 10.8 Å². The van der Waals surface area contributed by atoms with E-state index in [9.17, 15) is 20.0 Å². The Bertz CT molecular complexity index is 887. The number of anilines is 1. The standard InChI is InChI=1S/C14H10N4O4/c19-12-2-1-5-15-13(12)17-14(20)10-7-16-11-4-3-8(18(21)22)6-9(10)11/h1-7,16,19H,(H,15,17,20). The average Bonchev–Trinajstić information content (AvgIpc) is 2.92. The molecule has 0 spiro atoms. The first-order valence-electron chi connectivity index (χ1n) is 6.27. The van der Waals surface area contributed by atoms with E-state index >= 15 is 0 Å². The van der Waals surface area contributed by atoms with Gasteiger partial charge in [0.25, 0.3) is 11.6 Å². The maximum absolute atomic E-state index is 12.3. The number of benzene rings is 1. The van der Waals surface area contributed by atoms with Gasteiger partial charge in [0, 0.05) is 35.4 Å². The van der Waals surface area contributed by atoms with Crippen molar-refractivity contribution >= 4 is 28.3 Å². The molecule has 1 aromatic carbocycles. The molecule has 8 nitrogen and oxygen atoms in total. The minimum Gasteiger partial charge on any atom is -0.504 e. The molecule has 0 saturated carbocycles. The van der Waals surface area contributed by atoms with Gasteiger partial charge in [0.2, 0.25) is 0 Å². The van der Waals surface area contributed by atoms with Crippen LogP contribution in [0, 0.1) is 10.1 Å². The molecular weight excluding hydrogens is 288 g/mol. The number of nitro groups is 1. The third kappa shape index (κ3) is 2.33. The van der Waals surface area contributed by atoms with Gasteiger partial charge in [-0.05, 0) is 18.2 Å². The molecule has 0 saturated heterocycles. The maximum Gasteiger partial charge on any atom is 0.270 e. The van der Waals surface area contributed by atoms with Gasteiger partial charge in [-0.1, -0.05) is 0 Å². The Balaban J connectivity index is 1.99. The van der Waals surface area contributed by atoms with Gasteiger partial charge in [0.1, 0.15) is 0 Å². The molecule has 110 valence electrons. The summed E-state index contributed by atoms with van der Waals surface area (Å²) in [6, 6.07) is 7.12. The lowest BCUT2D eigenvalue weighted by Crippen LogP contribution is -2.12. The van der Waals surface area contributed by atoms with Crippen molar-refractivity contribution in [3.8, 4) is 5.75 Å². The van der Waals surface area contributed by atoms with Crippen LogP contribution in [-0.4, -0.2) is 25.9 Å². The number of hydrogen-bond acceptors (Lipinski definition) is 5. The van der Waals surface area contributed by atoms with E-state index in [-0.39, 0.29) is 22.8 Å². The highest BCUT2D eigenvalue weighted by atomic mass is 16.6. The van der Waals surface area contributed by atoms with Crippen LogP contribution in [-0.2, 0) is 0 Å². The monoisotopic (exact) mass is 298 g/mol. The summed E-state index contributed by atoms with van der Waals surface area (Å²) in [5, 5.41) is 23.3. The second kappa shape index (κ2) is 5.17. The van der Waals surface area contributed by atoms with Gasteiger partial charge in [-0.3, -0.25) is 14.9 Å². The molecule has 0 unspecified atom stereocenters. The second-order valence-corrected chi connectivity index (χ2v) is 4.51. The Morgan fingerprint density at radius 1 is 1.36 bits per heavy atom. The Morgan fingerprint density at radius 2 is 2.18 bits per heavy atom. The summed E-state index contributed by atoms with van der Waals surface area (Å²) in [5.74, 6) is -0.672. The van der Waals surface area contributed by atoms with Crippen LogP contribution in [0.1, 0.15) is 10.4 Å². The lowest BCUT2D eigenvalue weighted by Gasteiger charge is -2.05. The number of nitro benzene ring substituents is 1. The minimum absolute atomic E-state index is 0.0206. The van der Waals surface area contributed by atoms with Crippen LogP contribution in [0.15, 0.2) is 42.7 Å². The second-order valence-electron chi connectivity index (χ2n) is 4.51. The number of fused-ring (bicyclic) bond motifs is 1. The smallest absolute Gasteiger partial charge is 0.270 e. The number of rotatable bonds is 3. The molecule has 2 aromatic heterocycles. The number of nitrogens with zero attached hydrogens (tertiary/aromatic N) is 2. The number of nitrogens with one attached hydrogen (secondary N) is 2. The van der Waals surface area contributed by atoms with Crippen molar-refractivity contribution < 1.29 is 14.8 Å². The van der Waals surface area contributed by atoms with E-state index in [1.807, 2.05) is 0 Å². The zero-order valence-electron chi connectivity index (χ0n) is 11.1. The van der Waals surface area contributed by atoms with Crippen LogP contribution in [0.4, 0.5) is 11.5 Å². The number of carbonyl (C=O) groups is 1. The fourth-order valence-corrected chi connectivity index (χ4v) is 2.08. The van der Waals surface area contributed by atoms with Crippen LogP contribution in [0.5, 0.6) is 5.75 Å². The van der Waals surface area contributed by atoms with Crippen molar-refractivity contribution in [1.29, 1.82) is 0 Å². The molecule has 1 amide bonds. The third-order valence-electron chi connectivity index (χ3n) is 3.14.